The minimum atomic E-state index is -4.54. The molecule has 5 heteroatoms. The number of ketones is 1. The molecule has 1 nitrogen and oxygen atoms in total. The van der Waals surface area contributed by atoms with Crippen molar-refractivity contribution >= 4 is 17.5 Å². The zero-order chi connectivity index (χ0) is 15.5. The Morgan fingerprint density at radius 1 is 1.05 bits per heavy atom. The molecule has 0 saturated heterocycles. The SMILES string of the molecule is CCSc1ccc(C(=O)c2ccccc2C(F)(F)F)cc1. The third-order valence-corrected chi connectivity index (χ3v) is 3.80. The van der Waals surface area contributed by atoms with E-state index in [9.17, 15) is 18.0 Å². The van der Waals surface area contributed by atoms with Crippen LogP contribution in [0.15, 0.2) is 53.4 Å². The summed E-state index contributed by atoms with van der Waals surface area (Å²) in [6.07, 6.45) is -4.54. The van der Waals surface area contributed by atoms with E-state index in [0.29, 0.717) is 0 Å². The van der Waals surface area contributed by atoms with Crippen molar-refractivity contribution in [2.75, 3.05) is 5.75 Å². The highest BCUT2D eigenvalue weighted by atomic mass is 32.2. The Balaban J connectivity index is 2.36. The zero-order valence-corrected chi connectivity index (χ0v) is 12.1. The van der Waals surface area contributed by atoms with Gasteiger partial charge in [-0.05, 0) is 36.1 Å². The van der Waals surface area contributed by atoms with Gasteiger partial charge in [-0.25, -0.2) is 0 Å². The van der Waals surface area contributed by atoms with Crippen molar-refractivity contribution in [3.8, 4) is 0 Å². The number of halogens is 3. The molecule has 0 aliphatic heterocycles. The highest BCUT2D eigenvalue weighted by molar-refractivity contribution is 7.99. The number of carbonyl (C=O) groups is 1. The maximum atomic E-state index is 12.9. The van der Waals surface area contributed by atoms with E-state index in [4.69, 9.17) is 0 Å². The van der Waals surface area contributed by atoms with Crippen LogP contribution in [0.3, 0.4) is 0 Å². The first-order chi connectivity index (χ1) is 9.93. The fourth-order valence-corrected chi connectivity index (χ4v) is 2.61. The molecule has 0 unspecified atom stereocenters. The summed E-state index contributed by atoms with van der Waals surface area (Å²) in [4.78, 5) is 13.3. The normalized spacial score (nSPS) is 11.4. The molecule has 21 heavy (non-hydrogen) atoms. The smallest absolute Gasteiger partial charge is 0.289 e. The average molecular weight is 310 g/mol. The van der Waals surface area contributed by atoms with Crippen LogP contribution in [0.25, 0.3) is 0 Å². The molecule has 2 aromatic rings. The van der Waals surface area contributed by atoms with Crippen LogP contribution in [0.5, 0.6) is 0 Å². The molecular weight excluding hydrogens is 297 g/mol. The molecule has 0 aromatic heterocycles. The lowest BCUT2D eigenvalue weighted by Gasteiger charge is -2.12. The first-order valence-electron chi connectivity index (χ1n) is 6.37. The topological polar surface area (TPSA) is 17.1 Å². The molecular formula is C16H13F3OS. The molecule has 0 fully saturated rings. The van der Waals surface area contributed by atoms with Crippen LogP contribution in [0.4, 0.5) is 13.2 Å². The highest BCUT2D eigenvalue weighted by Crippen LogP contribution is 2.33. The van der Waals surface area contributed by atoms with Crippen LogP contribution in [-0.4, -0.2) is 11.5 Å². The minimum Gasteiger partial charge on any atom is -0.289 e. The van der Waals surface area contributed by atoms with Crippen molar-refractivity contribution in [3.63, 3.8) is 0 Å². The van der Waals surface area contributed by atoms with Crippen molar-refractivity contribution in [2.45, 2.75) is 18.0 Å². The van der Waals surface area contributed by atoms with Crippen LogP contribution in [0.2, 0.25) is 0 Å². The Hall–Kier alpha value is -1.75. The summed E-state index contributed by atoms with van der Waals surface area (Å²) in [5, 5.41) is 0. The Morgan fingerprint density at radius 2 is 1.67 bits per heavy atom. The minimum absolute atomic E-state index is 0.257. The molecule has 0 radical (unpaired) electrons. The lowest BCUT2D eigenvalue weighted by Crippen LogP contribution is -2.13. The summed E-state index contributed by atoms with van der Waals surface area (Å²) in [5.41, 5.74) is -0.963. The van der Waals surface area contributed by atoms with Crippen LogP contribution >= 0.6 is 11.8 Å². The summed E-state index contributed by atoms with van der Waals surface area (Å²) in [5.74, 6) is 0.278. The van der Waals surface area contributed by atoms with E-state index in [1.165, 1.54) is 18.2 Å². The molecule has 0 aliphatic carbocycles. The Morgan fingerprint density at radius 3 is 2.24 bits per heavy atom. The molecule has 0 aliphatic rings. The molecule has 110 valence electrons. The van der Waals surface area contributed by atoms with Crippen molar-refractivity contribution in [2.24, 2.45) is 0 Å². The van der Waals surface area contributed by atoms with Crippen LogP contribution in [0, 0.1) is 0 Å². The van der Waals surface area contributed by atoms with E-state index in [0.717, 1.165) is 16.7 Å². The number of rotatable bonds is 4. The number of benzene rings is 2. The predicted molar refractivity (Wildman–Crippen MR) is 77.7 cm³/mol. The fourth-order valence-electron chi connectivity index (χ4n) is 1.95. The number of hydrogen-bond acceptors (Lipinski definition) is 2. The van der Waals surface area contributed by atoms with Crippen LogP contribution in [0.1, 0.15) is 28.4 Å². The van der Waals surface area contributed by atoms with E-state index in [2.05, 4.69) is 0 Å². The molecule has 2 rings (SSSR count). The molecule has 0 bridgehead atoms. The summed E-state index contributed by atoms with van der Waals surface area (Å²) >= 11 is 1.61. The molecule has 2 aromatic carbocycles. The van der Waals surface area contributed by atoms with Crippen molar-refractivity contribution < 1.29 is 18.0 Å². The summed E-state index contributed by atoms with van der Waals surface area (Å²) in [6.45, 7) is 2.00. The van der Waals surface area contributed by atoms with Gasteiger partial charge in [-0.3, -0.25) is 4.79 Å². The van der Waals surface area contributed by atoms with Gasteiger partial charge in [0.1, 0.15) is 0 Å². The van der Waals surface area contributed by atoms with Gasteiger partial charge < -0.3 is 0 Å². The van der Waals surface area contributed by atoms with E-state index < -0.39 is 17.5 Å². The molecule has 0 amide bonds. The summed E-state index contributed by atoms with van der Waals surface area (Å²) in [7, 11) is 0. The maximum absolute atomic E-state index is 12.9. The van der Waals surface area contributed by atoms with Crippen LogP contribution in [-0.2, 0) is 6.18 Å². The number of hydrogen-bond donors (Lipinski definition) is 0. The fraction of sp³-hybridized carbons (Fsp3) is 0.188. The Bertz CT molecular complexity index is 633. The number of thioether (sulfide) groups is 1. The van der Waals surface area contributed by atoms with E-state index in [-0.39, 0.29) is 11.1 Å². The van der Waals surface area contributed by atoms with Gasteiger partial charge in [-0.2, -0.15) is 13.2 Å². The van der Waals surface area contributed by atoms with Gasteiger partial charge in [0.2, 0.25) is 0 Å². The average Bonchev–Trinajstić information content (AvgIpc) is 2.47. The van der Waals surface area contributed by atoms with Gasteiger partial charge in [0.05, 0.1) is 5.56 Å². The summed E-state index contributed by atoms with van der Waals surface area (Å²) in [6, 6.07) is 11.5. The van der Waals surface area contributed by atoms with E-state index in [1.54, 1.807) is 36.0 Å². The van der Waals surface area contributed by atoms with Gasteiger partial charge >= 0.3 is 6.18 Å². The first kappa shape index (κ1) is 15.6. The number of carbonyl (C=O) groups excluding carboxylic acids is 1. The quantitative estimate of drug-likeness (QED) is 0.581. The molecule has 0 saturated carbocycles. The van der Waals surface area contributed by atoms with Crippen molar-refractivity contribution in [1.29, 1.82) is 0 Å². The second-order valence-electron chi connectivity index (χ2n) is 4.33. The van der Waals surface area contributed by atoms with Gasteiger partial charge in [-0.15, -0.1) is 11.8 Å². The highest BCUT2D eigenvalue weighted by Gasteiger charge is 2.34. The van der Waals surface area contributed by atoms with Gasteiger partial charge in [-0.1, -0.05) is 25.1 Å². The third-order valence-electron chi connectivity index (χ3n) is 2.90. The van der Waals surface area contributed by atoms with E-state index >= 15 is 0 Å². The lowest BCUT2D eigenvalue weighted by molar-refractivity contribution is -0.137. The third kappa shape index (κ3) is 3.67. The van der Waals surface area contributed by atoms with E-state index in [1.807, 2.05) is 6.92 Å². The Labute approximate surface area is 125 Å². The standard InChI is InChI=1S/C16H13F3OS/c1-2-21-12-9-7-11(8-10-12)15(20)13-5-3-4-6-14(13)16(17,18)19/h3-10H,2H2,1H3. The first-order valence-corrected chi connectivity index (χ1v) is 7.36. The lowest BCUT2D eigenvalue weighted by atomic mass is 9.98. The van der Waals surface area contributed by atoms with Crippen LogP contribution < -0.4 is 0 Å². The largest absolute Gasteiger partial charge is 0.417 e. The molecule has 0 atom stereocenters. The predicted octanol–water partition coefficient (Wildman–Crippen LogP) is 5.05. The maximum Gasteiger partial charge on any atom is 0.417 e. The van der Waals surface area contributed by atoms with Gasteiger partial charge in [0, 0.05) is 16.0 Å². The Kier molecular flexibility index (Phi) is 4.73. The molecule has 0 spiro atoms. The summed E-state index contributed by atoms with van der Waals surface area (Å²) < 4.78 is 38.8. The second kappa shape index (κ2) is 6.35. The number of alkyl halides is 3. The monoisotopic (exact) mass is 310 g/mol. The van der Waals surface area contributed by atoms with Crippen molar-refractivity contribution in [3.05, 3.63) is 65.2 Å². The van der Waals surface area contributed by atoms with Gasteiger partial charge in [0.15, 0.2) is 5.78 Å². The second-order valence-corrected chi connectivity index (χ2v) is 5.67. The molecule has 0 heterocycles. The van der Waals surface area contributed by atoms with Gasteiger partial charge in [0.25, 0.3) is 0 Å². The van der Waals surface area contributed by atoms with Crippen molar-refractivity contribution in [1.82, 2.24) is 0 Å². The zero-order valence-electron chi connectivity index (χ0n) is 11.3. The molecule has 0 N–H and O–H groups in total.